The molecule has 1 atom stereocenters. The topological polar surface area (TPSA) is 49.3 Å². The van der Waals surface area contributed by atoms with E-state index < -0.39 is 0 Å². The molecule has 0 fully saturated rings. The minimum atomic E-state index is 0.0234. The summed E-state index contributed by atoms with van der Waals surface area (Å²) >= 11 is 0. The van der Waals surface area contributed by atoms with E-state index in [2.05, 4.69) is 5.16 Å². The molecule has 0 bridgehead atoms. The molecule has 1 unspecified atom stereocenters. The van der Waals surface area contributed by atoms with Crippen LogP contribution in [0.1, 0.15) is 17.5 Å². The average Bonchev–Trinajstić information content (AvgIpc) is 3.24. The maximum absolute atomic E-state index is 5.59. The molecule has 0 saturated carbocycles. The van der Waals surface area contributed by atoms with E-state index in [1.807, 2.05) is 42.5 Å². The number of hydrogen-bond donors (Lipinski definition) is 0. The van der Waals surface area contributed by atoms with Crippen molar-refractivity contribution in [1.82, 2.24) is 0 Å². The van der Waals surface area contributed by atoms with Crippen LogP contribution in [-0.2, 0) is 11.3 Å². The molecule has 0 N–H and O–H groups in total. The van der Waals surface area contributed by atoms with Gasteiger partial charge < -0.3 is 19.0 Å². The molecular formula is C18H17NO4. The molecule has 118 valence electrons. The summed E-state index contributed by atoms with van der Waals surface area (Å²) in [5.74, 6) is 2.09. The van der Waals surface area contributed by atoms with E-state index in [9.17, 15) is 0 Å². The van der Waals surface area contributed by atoms with Crippen molar-refractivity contribution in [2.24, 2.45) is 5.16 Å². The number of benzene rings is 2. The van der Waals surface area contributed by atoms with Crippen molar-refractivity contribution in [2.45, 2.75) is 18.9 Å². The van der Waals surface area contributed by atoms with Crippen LogP contribution < -0.4 is 14.2 Å². The fraction of sp³-hybridized carbons (Fsp3) is 0.278. The Morgan fingerprint density at radius 3 is 2.87 bits per heavy atom. The van der Waals surface area contributed by atoms with E-state index in [1.165, 1.54) is 0 Å². The smallest absolute Gasteiger partial charge is 0.231 e. The Balaban J connectivity index is 1.48. The van der Waals surface area contributed by atoms with Crippen LogP contribution >= 0.6 is 0 Å². The summed E-state index contributed by atoms with van der Waals surface area (Å²) < 4.78 is 16.3. The molecule has 2 aliphatic heterocycles. The van der Waals surface area contributed by atoms with Gasteiger partial charge in [-0.05, 0) is 23.3 Å². The van der Waals surface area contributed by atoms with Gasteiger partial charge >= 0.3 is 0 Å². The molecule has 0 amide bonds. The van der Waals surface area contributed by atoms with Gasteiger partial charge in [0, 0.05) is 12.8 Å². The van der Waals surface area contributed by atoms with Gasteiger partial charge in [-0.25, -0.2) is 0 Å². The third-order valence-corrected chi connectivity index (χ3v) is 4.02. The fourth-order valence-corrected chi connectivity index (χ4v) is 2.90. The maximum atomic E-state index is 5.59. The van der Waals surface area contributed by atoms with Gasteiger partial charge in [0.15, 0.2) is 11.5 Å². The fourth-order valence-electron chi connectivity index (χ4n) is 2.90. The van der Waals surface area contributed by atoms with E-state index in [0.717, 1.165) is 35.4 Å². The highest BCUT2D eigenvalue weighted by molar-refractivity contribution is 6.01. The normalized spacial score (nSPS) is 18.5. The zero-order valence-corrected chi connectivity index (χ0v) is 12.8. The van der Waals surface area contributed by atoms with Crippen LogP contribution in [-0.4, -0.2) is 25.7 Å². The number of rotatable bonds is 4. The van der Waals surface area contributed by atoms with Crippen LogP contribution in [0.25, 0.3) is 0 Å². The molecule has 0 aromatic heterocycles. The zero-order chi connectivity index (χ0) is 15.6. The SMILES string of the molecule is COc1cc(CC2CC(c3ccccc3)=NO2)cc2c1OCO2. The van der Waals surface area contributed by atoms with Gasteiger partial charge in [-0.3, -0.25) is 0 Å². The van der Waals surface area contributed by atoms with Crippen molar-refractivity contribution in [3.63, 3.8) is 0 Å². The first kappa shape index (κ1) is 13.9. The average molecular weight is 311 g/mol. The van der Waals surface area contributed by atoms with E-state index >= 15 is 0 Å². The second-order valence-electron chi connectivity index (χ2n) is 5.57. The van der Waals surface area contributed by atoms with Gasteiger partial charge in [-0.2, -0.15) is 0 Å². The molecule has 0 radical (unpaired) electrons. The van der Waals surface area contributed by atoms with Gasteiger partial charge in [-0.15, -0.1) is 0 Å². The van der Waals surface area contributed by atoms with E-state index in [4.69, 9.17) is 19.0 Å². The zero-order valence-electron chi connectivity index (χ0n) is 12.8. The molecular weight excluding hydrogens is 294 g/mol. The molecule has 2 aliphatic rings. The predicted octanol–water partition coefficient (Wildman–Crippen LogP) is 3.16. The summed E-state index contributed by atoms with van der Waals surface area (Å²) in [6.07, 6.45) is 1.56. The number of methoxy groups -OCH3 is 1. The first-order chi connectivity index (χ1) is 11.3. The highest BCUT2D eigenvalue weighted by atomic mass is 16.7. The lowest BCUT2D eigenvalue weighted by Crippen LogP contribution is -2.12. The van der Waals surface area contributed by atoms with Crippen LogP contribution in [0.5, 0.6) is 17.2 Å². The van der Waals surface area contributed by atoms with Crippen LogP contribution in [0.15, 0.2) is 47.6 Å². The number of fused-ring (bicyclic) bond motifs is 1. The molecule has 0 aliphatic carbocycles. The van der Waals surface area contributed by atoms with E-state index in [1.54, 1.807) is 7.11 Å². The summed E-state index contributed by atoms with van der Waals surface area (Å²) in [5.41, 5.74) is 3.18. The van der Waals surface area contributed by atoms with Gasteiger partial charge in [0.1, 0.15) is 6.10 Å². The lowest BCUT2D eigenvalue weighted by atomic mass is 10.00. The van der Waals surface area contributed by atoms with Gasteiger partial charge in [0.2, 0.25) is 12.5 Å². The Labute approximate surface area is 134 Å². The Bertz CT molecular complexity index is 742. The standard InChI is InChI=1S/C18H17NO4/c1-20-16-8-12(9-17-18(16)22-11-21-17)7-14-10-15(19-23-14)13-5-3-2-4-6-13/h2-6,8-9,14H,7,10-11H2,1H3. The number of nitrogens with zero attached hydrogens (tertiary/aromatic N) is 1. The van der Waals surface area contributed by atoms with Crippen LogP contribution in [0.3, 0.4) is 0 Å². The van der Waals surface area contributed by atoms with Crippen molar-refractivity contribution in [1.29, 1.82) is 0 Å². The molecule has 0 saturated heterocycles. The molecule has 5 nitrogen and oxygen atoms in total. The van der Waals surface area contributed by atoms with Crippen molar-refractivity contribution in [3.05, 3.63) is 53.6 Å². The second kappa shape index (κ2) is 5.83. The summed E-state index contributed by atoms with van der Waals surface area (Å²) in [4.78, 5) is 5.59. The largest absolute Gasteiger partial charge is 0.493 e. The van der Waals surface area contributed by atoms with Crippen LogP contribution in [0.4, 0.5) is 0 Å². The first-order valence-corrected chi connectivity index (χ1v) is 7.58. The number of ether oxygens (including phenoxy) is 3. The van der Waals surface area contributed by atoms with Crippen molar-refractivity contribution in [2.75, 3.05) is 13.9 Å². The lowest BCUT2D eigenvalue weighted by molar-refractivity contribution is 0.0858. The van der Waals surface area contributed by atoms with Gasteiger partial charge in [-0.1, -0.05) is 35.5 Å². The van der Waals surface area contributed by atoms with Crippen molar-refractivity contribution < 1.29 is 19.0 Å². The summed E-state index contributed by atoms with van der Waals surface area (Å²) in [5, 5.41) is 4.23. The molecule has 0 spiro atoms. The maximum Gasteiger partial charge on any atom is 0.231 e. The predicted molar refractivity (Wildman–Crippen MR) is 85.3 cm³/mol. The minimum Gasteiger partial charge on any atom is -0.493 e. The Hall–Kier alpha value is -2.69. The molecule has 5 heteroatoms. The van der Waals surface area contributed by atoms with Crippen LogP contribution in [0.2, 0.25) is 0 Å². The third kappa shape index (κ3) is 2.70. The van der Waals surface area contributed by atoms with E-state index in [-0.39, 0.29) is 12.9 Å². The molecule has 4 rings (SSSR count). The third-order valence-electron chi connectivity index (χ3n) is 4.02. The van der Waals surface area contributed by atoms with Crippen molar-refractivity contribution in [3.8, 4) is 17.2 Å². The highest BCUT2D eigenvalue weighted by Gasteiger charge is 2.25. The first-order valence-electron chi connectivity index (χ1n) is 7.58. The second-order valence-corrected chi connectivity index (χ2v) is 5.57. The lowest BCUT2D eigenvalue weighted by Gasteiger charge is -2.11. The van der Waals surface area contributed by atoms with Crippen molar-refractivity contribution >= 4 is 5.71 Å². The molecule has 2 aromatic carbocycles. The summed E-state index contributed by atoms with van der Waals surface area (Å²) in [7, 11) is 1.63. The Morgan fingerprint density at radius 1 is 1.17 bits per heavy atom. The number of oxime groups is 1. The van der Waals surface area contributed by atoms with Gasteiger partial charge in [0.25, 0.3) is 0 Å². The van der Waals surface area contributed by atoms with Gasteiger partial charge in [0.05, 0.1) is 12.8 Å². The monoisotopic (exact) mass is 311 g/mol. The highest BCUT2D eigenvalue weighted by Crippen LogP contribution is 2.42. The Kier molecular flexibility index (Phi) is 3.54. The minimum absolute atomic E-state index is 0.0234. The Morgan fingerprint density at radius 2 is 2.04 bits per heavy atom. The molecule has 23 heavy (non-hydrogen) atoms. The van der Waals surface area contributed by atoms with Crippen LogP contribution in [0, 0.1) is 0 Å². The quantitative estimate of drug-likeness (QED) is 0.870. The number of hydrogen-bond acceptors (Lipinski definition) is 5. The molecule has 2 aromatic rings. The summed E-state index contributed by atoms with van der Waals surface area (Å²) in [6, 6.07) is 14.1. The molecule has 2 heterocycles. The van der Waals surface area contributed by atoms with E-state index in [0.29, 0.717) is 11.5 Å². The summed E-state index contributed by atoms with van der Waals surface area (Å²) in [6.45, 7) is 0.232.